The normalized spacial score (nSPS) is 12.4. The zero-order valence-electron chi connectivity index (χ0n) is 16.3. The molecular weight excluding hydrogens is 416 g/mol. The van der Waals surface area contributed by atoms with E-state index in [-0.39, 0.29) is 4.90 Å². The van der Waals surface area contributed by atoms with E-state index < -0.39 is 40.5 Å². The first-order valence-electron chi connectivity index (χ1n) is 8.90. The van der Waals surface area contributed by atoms with Crippen molar-refractivity contribution in [3.63, 3.8) is 0 Å². The van der Waals surface area contributed by atoms with E-state index in [2.05, 4.69) is 10.0 Å². The van der Waals surface area contributed by atoms with E-state index in [1.165, 1.54) is 12.1 Å². The number of esters is 1. The number of aryl methyl sites for hydroxylation is 1. The number of ether oxygens (including phenoxy) is 1. The molecule has 29 heavy (non-hydrogen) atoms. The lowest BCUT2D eigenvalue weighted by Crippen LogP contribution is -2.45. The second-order valence-corrected chi connectivity index (χ2v) is 8.92. The Morgan fingerprint density at radius 3 is 2.34 bits per heavy atom. The summed E-state index contributed by atoms with van der Waals surface area (Å²) in [7, 11) is -3.92. The maximum atomic E-state index is 12.5. The van der Waals surface area contributed by atoms with E-state index in [0.717, 1.165) is 5.56 Å². The van der Waals surface area contributed by atoms with Gasteiger partial charge in [0, 0.05) is 0 Å². The molecule has 7 nitrogen and oxygen atoms in total. The Kier molecular flexibility index (Phi) is 7.78. The lowest BCUT2D eigenvalue weighted by atomic mass is 10.1. The Balaban J connectivity index is 1.99. The fourth-order valence-electron chi connectivity index (χ4n) is 2.43. The zero-order valence-corrected chi connectivity index (χ0v) is 17.9. The number of sulfonamides is 1. The fourth-order valence-corrected chi connectivity index (χ4v) is 4.06. The highest BCUT2D eigenvalue weighted by Gasteiger charge is 2.30. The van der Waals surface area contributed by atoms with Gasteiger partial charge >= 0.3 is 5.97 Å². The van der Waals surface area contributed by atoms with Crippen LogP contribution in [0.25, 0.3) is 0 Å². The van der Waals surface area contributed by atoms with Gasteiger partial charge in [-0.25, -0.2) is 8.42 Å². The van der Waals surface area contributed by atoms with Crippen molar-refractivity contribution in [3.8, 4) is 0 Å². The van der Waals surface area contributed by atoms with Gasteiger partial charge in [-0.1, -0.05) is 49.7 Å². The van der Waals surface area contributed by atoms with Crippen LogP contribution in [0.15, 0.2) is 53.4 Å². The van der Waals surface area contributed by atoms with Crippen LogP contribution in [0.3, 0.4) is 0 Å². The second kappa shape index (κ2) is 9.87. The van der Waals surface area contributed by atoms with Gasteiger partial charge in [0.15, 0.2) is 6.61 Å². The molecule has 0 heterocycles. The number of hydrogen-bond donors (Lipinski definition) is 2. The average Bonchev–Trinajstić information content (AvgIpc) is 2.67. The molecular formula is C20H23ClN2O5S. The SMILES string of the molecule is Cc1ccc(NC(=O)COC(=O)[C@H](NS(=O)(=O)c2ccccc2)C(C)C)c(Cl)c1. The molecule has 0 saturated carbocycles. The number of nitrogens with one attached hydrogen (secondary N) is 2. The fraction of sp³-hybridized carbons (Fsp3) is 0.300. The topological polar surface area (TPSA) is 102 Å². The molecule has 0 aromatic heterocycles. The maximum absolute atomic E-state index is 12.5. The molecule has 9 heteroatoms. The standard InChI is InChI=1S/C20H23ClN2O5S/c1-13(2)19(23-29(26,27)15-7-5-4-6-8-15)20(25)28-12-18(24)22-17-10-9-14(3)11-16(17)21/h4-11,13,19,23H,12H2,1-3H3,(H,22,24)/t19-/m1/s1. The summed E-state index contributed by atoms with van der Waals surface area (Å²) < 4.78 is 32.3. The van der Waals surface area contributed by atoms with Gasteiger partial charge in [-0.05, 0) is 42.7 Å². The number of halogens is 1. The average molecular weight is 439 g/mol. The first-order valence-corrected chi connectivity index (χ1v) is 10.8. The van der Waals surface area contributed by atoms with E-state index in [4.69, 9.17) is 16.3 Å². The molecule has 0 aliphatic heterocycles. The third-order valence-corrected chi connectivity index (χ3v) is 5.77. The summed E-state index contributed by atoms with van der Waals surface area (Å²) in [6.07, 6.45) is 0. The highest BCUT2D eigenvalue weighted by molar-refractivity contribution is 7.89. The monoisotopic (exact) mass is 438 g/mol. The molecule has 0 fully saturated rings. The molecule has 0 saturated heterocycles. The first-order chi connectivity index (χ1) is 13.6. The van der Waals surface area contributed by atoms with Gasteiger partial charge in [-0.15, -0.1) is 0 Å². The van der Waals surface area contributed by atoms with Crippen molar-refractivity contribution in [1.82, 2.24) is 4.72 Å². The van der Waals surface area contributed by atoms with Gasteiger partial charge in [0.1, 0.15) is 6.04 Å². The summed E-state index contributed by atoms with van der Waals surface area (Å²) in [4.78, 5) is 24.5. The van der Waals surface area contributed by atoms with Crippen molar-refractivity contribution in [1.29, 1.82) is 0 Å². The van der Waals surface area contributed by atoms with Crippen molar-refractivity contribution in [2.24, 2.45) is 5.92 Å². The lowest BCUT2D eigenvalue weighted by Gasteiger charge is -2.20. The van der Waals surface area contributed by atoms with Crippen LogP contribution in [-0.4, -0.2) is 32.9 Å². The van der Waals surface area contributed by atoms with Crippen LogP contribution in [0, 0.1) is 12.8 Å². The predicted octanol–water partition coefficient (Wildman–Crippen LogP) is 3.13. The molecule has 2 aromatic carbocycles. The van der Waals surface area contributed by atoms with E-state index in [9.17, 15) is 18.0 Å². The Morgan fingerprint density at radius 1 is 1.10 bits per heavy atom. The molecule has 156 valence electrons. The van der Waals surface area contributed by atoms with Crippen molar-refractivity contribution in [2.75, 3.05) is 11.9 Å². The molecule has 2 rings (SSSR count). The van der Waals surface area contributed by atoms with Crippen LogP contribution in [0.1, 0.15) is 19.4 Å². The minimum absolute atomic E-state index is 0.0326. The number of rotatable bonds is 8. The third kappa shape index (κ3) is 6.56. The van der Waals surface area contributed by atoms with E-state index >= 15 is 0 Å². The highest BCUT2D eigenvalue weighted by atomic mass is 35.5. The van der Waals surface area contributed by atoms with Crippen molar-refractivity contribution >= 4 is 39.2 Å². The van der Waals surface area contributed by atoms with Gasteiger partial charge in [-0.3, -0.25) is 9.59 Å². The molecule has 2 N–H and O–H groups in total. The summed E-state index contributed by atoms with van der Waals surface area (Å²) >= 11 is 6.06. The molecule has 0 unspecified atom stereocenters. The van der Waals surface area contributed by atoms with Crippen LogP contribution in [0.2, 0.25) is 5.02 Å². The molecule has 0 radical (unpaired) electrons. The summed E-state index contributed by atoms with van der Waals surface area (Å²) in [5.74, 6) is -1.82. The number of hydrogen-bond acceptors (Lipinski definition) is 5. The number of carbonyl (C=O) groups excluding carboxylic acids is 2. The van der Waals surface area contributed by atoms with Crippen LogP contribution in [0.4, 0.5) is 5.69 Å². The maximum Gasteiger partial charge on any atom is 0.324 e. The van der Waals surface area contributed by atoms with Gasteiger partial charge in [-0.2, -0.15) is 4.72 Å². The first kappa shape index (κ1) is 22.9. The predicted molar refractivity (Wildman–Crippen MR) is 111 cm³/mol. The van der Waals surface area contributed by atoms with Crippen molar-refractivity contribution in [3.05, 3.63) is 59.1 Å². The quantitative estimate of drug-likeness (QED) is 0.616. The van der Waals surface area contributed by atoms with Crippen LogP contribution in [0.5, 0.6) is 0 Å². The Hall–Kier alpha value is -2.42. The summed E-state index contributed by atoms with van der Waals surface area (Å²) in [6, 6.07) is 11.7. The molecule has 0 aliphatic rings. The Morgan fingerprint density at radius 2 is 1.76 bits per heavy atom. The van der Waals surface area contributed by atoms with Crippen molar-refractivity contribution < 1.29 is 22.7 Å². The van der Waals surface area contributed by atoms with E-state index in [1.807, 2.05) is 6.92 Å². The summed E-state index contributed by atoms with van der Waals surface area (Å²) in [5.41, 5.74) is 1.33. The van der Waals surface area contributed by atoms with Crippen LogP contribution < -0.4 is 10.0 Å². The molecule has 2 aromatic rings. The van der Waals surface area contributed by atoms with Gasteiger partial charge in [0.05, 0.1) is 15.6 Å². The molecule has 0 aliphatic carbocycles. The number of benzene rings is 2. The van der Waals surface area contributed by atoms with Crippen molar-refractivity contribution in [2.45, 2.75) is 31.7 Å². The molecule has 1 amide bonds. The molecule has 1 atom stereocenters. The van der Waals surface area contributed by atoms with Crippen LogP contribution in [-0.2, 0) is 24.3 Å². The van der Waals surface area contributed by atoms with Gasteiger partial charge in [0.2, 0.25) is 10.0 Å². The van der Waals surface area contributed by atoms with Gasteiger partial charge < -0.3 is 10.1 Å². The van der Waals surface area contributed by atoms with E-state index in [1.54, 1.807) is 50.2 Å². The highest BCUT2D eigenvalue weighted by Crippen LogP contribution is 2.22. The number of anilines is 1. The largest absolute Gasteiger partial charge is 0.454 e. The summed E-state index contributed by atoms with van der Waals surface area (Å²) in [6.45, 7) is 4.64. The Labute approximate surface area is 175 Å². The molecule has 0 bridgehead atoms. The molecule has 0 spiro atoms. The van der Waals surface area contributed by atoms with E-state index in [0.29, 0.717) is 10.7 Å². The minimum atomic E-state index is -3.92. The minimum Gasteiger partial charge on any atom is -0.454 e. The Bertz CT molecular complexity index is 978. The lowest BCUT2D eigenvalue weighted by molar-refractivity contribution is -0.150. The smallest absolute Gasteiger partial charge is 0.324 e. The number of amides is 1. The second-order valence-electron chi connectivity index (χ2n) is 6.80. The summed E-state index contributed by atoms with van der Waals surface area (Å²) in [5, 5.41) is 2.91. The number of carbonyl (C=O) groups is 2. The third-order valence-electron chi connectivity index (χ3n) is 4.00. The zero-order chi connectivity index (χ0) is 21.6. The van der Waals surface area contributed by atoms with Crippen LogP contribution >= 0.6 is 11.6 Å². The van der Waals surface area contributed by atoms with Gasteiger partial charge in [0.25, 0.3) is 5.91 Å².